The molecule has 0 spiro atoms. The quantitative estimate of drug-likeness (QED) is 0.650. The third-order valence-corrected chi connectivity index (χ3v) is 4.88. The number of hydrogen-bond donors (Lipinski definition) is 3. The van der Waals surface area contributed by atoms with Gasteiger partial charge in [-0.25, -0.2) is 4.39 Å². The van der Waals surface area contributed by atoms with E-state index in [0.29, 0.717) is 18.2 Å². The van der Waals surface area contributed by atoms with Crippen molar-refractivity contribution in [2.24, 2.45) is 11.7 Å². The van der Waals surface area contributed by atoms with Crippen molar-refractivity contribution in [2.75, 3.05) is 17.6 Å². The summed E-state index contributed by atoms with van der Waals surface area (Å²) in [6, 6.07) is 5.59. The van der Waals surface area contributed by atoms with Crippen LogP contribution in [0.2, 0.25) is 0 Å². The van der Waals surface area contributed by atoms with E-state index in [9.17, 15) is 14.0 Å². The molecule has 1 aliphatic rings. The lowest BCUT2D eigenvalue weighted by molar-refractivity contribution is -0.121. The molecule has 134 valence electrons. The maximum Gasteiger partial charge on any atom is 0.234 e. The Bertz CT molecular complexity index is 555. The van der Waals surface area contributed by atoms with Gasteiger partial charge in [-0.1, -0.05) is 0 Å². The van der Waals surface area contributed by atoms with Gasteiger partial charge >= 0.3 is 0 Å². The molecule has 0 bridgehead atoms. The SMILES string of the molecule is CC(SCC(=O)Nc1ccc(F)cc1)C(=O)NC(CN)C1CC1.Cl. The Labute approximate surface area is 151 Å². The minimum Gasteiger partial charge on any atom is -0.351 e. The summed E-state index contributed by atoms with van der Waals surface area (Å²) in [6.45, 7) is 2.21. The van der Waals surface area contributed by atoms with Crippen molar-refractivity contribution in [1.29, 1.82) is 0 Å². The first-order chi connectivity index (χ1) is 11.0. The molecule has 2 atom stereocenters. The molecular formula is C16H23ClFN3O2S. The van der Waals surface area contributed by atoms with Crippen molar-refractivity contribution in [1.82, 2.24) is 5.32 Å². The van der Waals surface area contributed by atoms with Crippen LogP contribution in [-0.2, 0) is 9.59 Å². The van der Waals surface area contributed by atoms with Crippen LogP contribution in [0.5, 0.6) is 0 Å². The summed E-state index contributed by atoms with van der Waals surface area (Å²) in [5, 5.41) is 5.28. The Morgan fingerprint density at radius 3 is 2.50 bits per heavy atom. The van der Waals surface area contributed by atoms with Crippen LogP contribution in [0.3, 0.4) is 0 Å². The molecule has 1 saturated carbocycles. The minimum atomic E-state index is -0.354. The average Bonchev–Trinajstić information content (AvgIpc) is 3.37. The van der Waals surface area contributed by atoms with Crippen LogP contribution < -0.4 is 16.4 Å². The highest BCUT2D eigenvalue weighted by molar-refractivity contribution is 8.01. The summed E-state index contributed by atoms with van der Waals surface area (Å²) in [5.74, 6) is -0.00987. The van der Waals surface area contributed by atoms with E-state index in [4.69, 9.17) is 5.73 Å². The molecule has 24 heavy (non-hydrogen) atoms. The van der Waals surface area contributed by atoms with Crippen LogP contribution in [0.1, 0.15) is 19.8 Å². The highest BCUT2D eigenvalue weighted by Crippen LogP contribution is 2.32. The molecule has 8 heteroatoms. The monoisotopic (exact) mass is 375 g/mol. The first-order valence-electron chi connectivity index (χ1n) is 7.67. The molecule has 0 aromatic heterocycles. The number of thioether (sulfide) groups is 1. The molecule has 0 saturated heterocycles. The zero-order valence-electron chi connectivity index (χ0n) is 13.5. The summed E-state index contributed by atoms with van der Waals surface area (Å²) in [5.41, 5.74) is 6.20. The summed E-state index contributed by atoms with van der Waals surface area (Å²) >= 11 is 1.26. The molecule has 1 fully saturated rings. The van der Waals surface area contributed by atoms with E-state index in [-0.39, 0.29) is 47.1 Å². The maximum absolute atomic E-state index is 12.8. The van der Waals surface area contributed by atoms with E-state index in [1.54, 1.807) is 6.92 Å². The van der Waals surface area contributed by atoms with E-state index in [2.05, 4.69) is 10.6 Å². The molecule has 1 aromatic carbocycles. The summed E-state index contributed by atoms with van der Waals surface area (Å²) in [4.78, 5) is 23.9. The lowest BCUT2D eigenvalue weighted by Crippen LogP contribution is -2.45. The van der Waals surface area contributed by atoms with Gasteiger partial charge in [0.2, 0.25) is 11.8 Å². The fraction of sp³-hybridized carbons (Fsp3) is 0.500. The normalized spacial score (nSPS) is 15.8. The number of anilines is 1. The molecule has 5 nitrogen and oxygen atoms in total. The molecule has 4 N–H and O–H groups in total. The Hall–Kier alpha value is -1.31. The summed E-state index contributed by atoms with van der Waals surface area (Å²) < 4.78 is 12.8. The zero-order valence-corrected chi connectivity index (χ0v) is 15.1. The Balaban J connectivity index is 0.00000288. The van der Waals surface area contributed by atoms with Crippen molar-refractivity contribution in [3.8, 4) is 0 Å². The van der Waals surface area contributed by atoms with Crippen LogP contribution in [0, 0.1) is 11.7 Å². The van der Waals surface area contributed by atoms with Gasteiger partial charge < -0.3 is 16.4 Å². The highest BCUT2D eigenvalue weighted by atomic mass is 35.5. The predicted molar refractivity (Wildman–Crippen MR) is 97.9 cm³/mol. The van der Waals surface area contributed by atoms with Crippen LogP contribution >= 0.6 is 24.2 Å². The first kappa shape index (κ1) is 20.7. The fourth-order valence-corrected chi connectivity index (χ4v) is 2.87. The topological polar surface area (TPSA) is 84.2 Å². The number of carbonyl (C=O) groups is 2. The second kappa shape index (κ2) is 9.86. The van der Waals surface area contributed by atoms with Gasteiger partial charge in [0.25, 0.3) is 0 Å². The van der Waals surface area contributed by atoms with Gasteiger partial charge in [-0.2, -0.15) is 0 Å². The van der Waals surface area contributed by atoms with E-state index in [0.717, 1.165) is 12.8 Å². The zero-order chi connectivity index (χ0) is 16.8. The lowest BCUT2D eigenvalue weighted by Gasteiger charge is -2.19. The van der Waals surface area contributed by atoms with E-state index < -0.39 is 0 Å². The highest BCUT2D eigenvalue weighted by Gasteiger charge is 2.32. The predicted octanol–water partition coefficient (Wildman–Crippen LogP) is 2.16. The van der Waals surface area contributed by atoms with Crippen LogP contribution in [0.25, 0.3) is 0 Å². The second-order valence-electron chi connectivity index (χ2n) is 5.70. The maximum atomic E-state index is 12.8. The van der Waals surface area contributed by atoms with Gasteiger partial charge in [0, 0.05) is 18.3 Å². The van der Waals surface area contributed by atoms with E-state index >= 15 is 0 Å². The van der Waals surface area contributed by atoms with Gasteiger partial charge in [-0.3, -0.25) is 9.59 Å². The first-order valence-corrected chi connectivity index (χ1v) is 8.72. The number of hydrogen-bond acceptors (Lipinski definition) is 4. The number of rotatable bonds is 8. The van der Waals surface area contributed by atoms with E-state index in [1.165, 1.54) is 36.0 Å². The van der Waals surface area contributed by atoms with E-state index in [1.807, 2.05) is 0 Å². The summed E-state index contributed by atoms with van der Waals surface area (Å²) in [6.07, 6.45) is 2.23. The molecular weight excluding hydrogens is 353 g/mol. The number of nitrogens with two attached hydrogens (primary N) is 1. The largest absolute Gasteiger partial charge is 0.351 e. The van der Waals surface area contributed by atoms with Crippen LogP contribution in [0.4, 0.5) is 10.1 Å². The van der Waals surface area contributed by atoms with Gasteiger partial charge in [-0.05, 0) is 49.9 Å². The van der Waals surface area contributed by atoms with Crippen molar-refractivity contribution in [2.45, 2.75) is 31.1 Å². The number of halogens is 2. The second-order valence-corrected chi connectivity index (χ2v) is 7.03. The van der Waals surface area contributed by atoms with Crippen molar-refractivity contribution < 1.29 is 14.0 Å². The minimum absolute atomic E-state index is 0. The van der Waals surface area contributed by atoms with Gasteiger partial charge in [0.1, 0.15) is 5.82 Å². The molecule has 2 amide bonds. The number of carbonyl (C=O) groups excluding carboxylic acids is 2. The molecule has 0 radical (unpaired) electrons. The fourth-order valence-electron chi connectivity index (χ4n) is 2.17. The third-order valence-electron chi connectivity index (χ3n) is 3.73. The van der Waals surface area contributed by atoms with Gasteiger partial charge in [-0.15, -0.1) is 24.2 Å². The van der Waals surface area contributed by atoms with Crippen molar-refractivity contribution in [3.63, 3.8) is 0 Å². The number of nitrogens with one attached hydrogen (secondary N) is 2. The van der Waals surface area contributed by atoms with Gasteiger partial charge in [0.05, 0.1) is 11.0 Å². The van der Waals surface area contributed by atoms with Crippen molar-refractivity contribution >= 4 is 41.7 Å². The number of benzene rings is 1. The third kappa shape index (κ3) is 6.67. The smallest absolute Gasteiger partial charge is 0.234 e. The molecule has 2 rings (SSSR count). The molecule has 0 heterocycles. The number of amides is 2. The van der Waals surface area contributed by atoms with Gasteiger partial charge in [0.15, 0.2) is 0 Å². The van der Waals surface area contributed by atoms with Crippen molar-refractivity contribution in [3.05, 3.63) is 30.1 Å². The Morgan fingerprint density at radius 1 is 1.33 bits per heavy atom. The van der Waals surface area contributed by atoms with Crippen LogP contribution in [0.15, 0.2) is 24.3 Å². The Kier molecular flexibility index (Phi) is 8.52. The summed E-state index contributed by atoms with van der Waals surface area (Å²) in [7, 11) is 0. The standard InChI is InChI=1S/C16H22FN3O2S.ClH/c1-10(16(22)20-14(8-18)11-2-3-11)23-9-15(21)19-13-6-4-12(17)5-7-13;/h4-7,10-11,14H,2-3,8-9,18H2,1H3,(H,19,21)(H,20,22);1H. The Morgan fingerprint density at radius 2 is 1.96 bits per heavy atom. The van der Waals surface area contributed by atoms with Crippen LogP contribution in [-0.4, -0.2) is 35.4 Å². The molecule has 0 aliphatic heterocycles. The molecule has 1 aromatic rings. The average molecular weight is 376 g/mol. The molecule has 1 aliphatic carbocycles. The molecule has 2 unspecified atom stereocenters. The lowest BCUT2D eigenvalue weighted by atomic mass is 10.2.